The van der Waals surface area contributed by atoms with Crippen LogP contribution in [-0.2, 0) is 19.9 Å². The van der Waals surface area contributed by atoms with Gasteiger partial charge in [0.25, 0.3) is 0 Å². The molecule has 0 fully saturated rings. The molecule has 1 heterocycles. The van der Waals surface area contributed by atoms with Crippen LogP contribution < -0.4 is 0 Å². The summed E-state index contributed by atoms with van der Waals surface area (Å²) in [5, 5.41) is 20.0. The van der Waals surface area contributed by atoms with E-state index in [2.05, 4.69) is 65.7 Å². The highest BCUT2D eigenvalue weighted by Crippen LogP contribution is 2.37. The van der Waals surface area contributed by atoms with Crippen molar-refractivity contribution in [1.82, 2.24) is 4.57 Å². The van der Waals surface area contributed by atoms with Gasteiger partial charge in [-0.05, 0) is 47.2 Å². The number of aryl methyl sites for hydroxylation is 3. The standard InChI is InChI=1S/C29H23N3/c1-3-21-12-14-22(15-13-21)16-17-24-10-7-11-27-28(24)26(18-23(19-30)20-31)29(32(27)2)25-8-5-4-6-9-25/h3-15,18H,1,16-17H2,2H3. The molecule has 0 N–H and O–H groups in total. The molecule has 0 saturated carbocycles. The van der Waals surface area contributed by atoms with Crippen molar-refractivity contribution in [2.45, 2.75) is 12.8 Å². The summed E-state index contributed by atoms with van der Waals surface area (Å²) >= 11 is 0. The van der Waals surface area contributed by atoms with Crippen LogP contribution in [0.4, 0.5) is 0 Å². The predicted octanol–water partition coefficient (Wildman–Crippen LogP) is 6.70. The minimum Gasteiger partial charge on any atom is -0.343 e. The number of benzene rings is 3. The van der Waals surface area contributed by atoms with Crippen molar-refractivity contribution in [2.24, 2.45) is 7.05 Å². The van der Waals surface area contributed by atoms with Gasteiger partial charge in [-0.2, -0.15) is 10.5 Å². The van der Waals surface area contributed by atoms with Crippen molar-refractivity contribution in [1.29, 1.82) is 10.5 Å². The first-order valence-corrected chi connectivity index (χ1v) is 10.5. The minimum atomic E-state index is 0.101. The van der Waals surface area contributed by atoms with Crippen molar-refractivity contribution in [2.75, 3.05) is 0 Å². The summed E-state index contributed by atoms with van der Waals surface area (Å²) < 4.78 is 2.16. The maximum atomic E-state index is 9.44. The Morgan fingerprint density at radius 2 is 1.62 bits per heavy atom. The Kier molecular flexibility index (Phi) is 6.02. The number of nitriles is 2. The van der Waals surface area contributed by atoms with Gasteiger partial charge in [-0.15, -0.1) is 0 Å². The molecule has 1 aromatic heterocycles. The van der Waals surface area contributed by atoms with Crippen LogP contribution in [0.5, 0.6) is 0 Å². The van der Waals surface area contributed by atoms with Crippen LogP contribution in [-0.4, -0.2) is 4.57 Å². The van der Waals surface area contributed by atoms with Crippen LogP contribution in [0, 0.1) is 22.7 Å². The summed E-state index contributed by atoms with van der Waals surface area (Å²) in [6, 6.07) is 28.9. The Hall–Kier alpha value is -4.34. The molecule has 0 radical (unpaired) electrons. The molecule has 0 atom stereocenters. The molecule has 4 rings (SSSR count). The first-order valence-electron chi connectivity index (χ1n) is 10.5. The van der Waals surface area contributed by atoms with Crippen molar-refractivity contribution in [3.05, 3.63) is 107 Å². The van der Waals surface area contributed by atoms with Gasteiger partial charge < -0.3 is 4.57 Å². The highest BCUT2D eigenvalue weighted by molar-refractivity contribution is 6.00. The van der Waals surface area contributed by atoms with E-state index < -0.39 is 0 Å². The summed E-state index contributed by atoms with van der Waals surface area (Å²) in [6.45, 7) is 3.82. The zero-order chi connectivity index (χ0) is 22.5. The average molecular weight is 414 g/mol. The third-order valence-electron chi connectivity index (χ3n) is 5.83. The van der Waals surface area contributed by atoms with Gasteiger partial charge in [0, 0.05) is 23.5 Å². The van der Waals surface area contributed by atoms with Gasteiger partial charge in [-0.1, -0.05) is 79.4 Å². The van der Waals surface area contributed by atoms with E-state index in [4.69, 9.17) is 0 Å². The van der Waals surface area contributed by atoms with Crippen LogP contribution in [0.25, 0.3) is 34.3 Å². The highest BCUT2D eigenvalue weighted by Gasteiger charge is 2.18. The average Bonchev–Trinajstić information content (AvgIpc) is 3.13. The Morgan fingerprint density at radius 3 is 2.28 bits per heavy atom. The Balaban J connectivity index is 1.88. The third kappa shape index (κ3) is 3.97. The number of fused-ring (bicyclic) bond motifs is 1. The molecule has 0 bridgehead atoms. The molecule has 0 aliphatic heterocycles. The molecule has 0 amide bonds. The lowest BCUT2D eigenvalue weighted by atomic mass is 9.96. The quantitative estimate of drug-likeness (QED) is 0.330. The van der Waals surface area contributed by atoms with Crippen LogP contribution in [0.2, 0.25) is 0 Å². The van der Waals surface area contributed by atoms with E-state index in [1.807, 2.05) is 43.5 Å². The van der Waals surface area contributed by atoms with E-state index >= 15 is 0 Å². The molecule has 0 unspecified atom stereocenters. The first kappa shape index (κ1) is 20.9. The zero-order valence-corrected chi connectivity index (χ0v) is 18.0. The summed E-state index contributed by atoms with van der Waals surface area (Å²) in [5.74, 6) is 0. The number of aromatic nitrogens is 1. The maximum absolute atomic E-state index is 9.44. The smallest absolute Gasteiger partial charge is 0.130 e. The molecule has 4 aromatic rings. The lowest BCUT2D eigenvalue weighted by molar-refractivity contribution is 0.963. The van der Waals surface area contributed by atoms with Gasteiger partial charge >= 0.3 is 0 Å². The van der Waals surface area contributed by atoms with Gasteiger partial charge in [-0.25, -0.2) is 0 Å². The van der Waals surface area contributed by atoms with Crippen LogP contribution in [0.1, 0.15) is 22.3 Å². The van der Waals surface area contributed by atoms with Gasteiger partial charge in [0.15, 0.2) is 0 Å². The van der Waals surface area contributed by atoms with Crippen LogP contribution in [0.3, 0.4) is 0 Å². The van der Waals surface area contributed by atoms with Crippen molar-refractivity contribution >= 4 is 23.1 Å². The Labute approximate surface area is 188 Å². The van der Waals surface area contributed by atoms with Crippen LogP contribution >= 0.6 is 0 Å². The van der Waals surface area contributed by atoms with Crippen molar-refractivity contribution in [3.63, 3.8) is 0 Å². The molecule has 3 heteroatoms. The fraction of sp³-hybridized carbons (Fsp3) is 0.103. The maximum Gasteiger partial charge on any atom is 0.130 e. The number of nitrogens with zero attached hydrogens (tertiary/aromatic N) is 3. The second-order valence-electron chi connectivity index (χ2n) is 7.73. The number of allylic oxidation sites excluding steroid dienone is 1. The summed E-state index contributed by atoms with van der Waals surface area (Å²) in [7, 11) is 2.04. The molecule has 3 aromatic carbocycles. The molecular weight excluding hydrogens is 390 g/mol. The minimum absolute atomic E-state index is 0.101. The second-order valence-corrected chi connectivity index (χ2v) is 7.73. The Bertz CT molecular complexity index is 1370. The molecule has 0 spiro atoms. The third-order valence-corrected chi connectivity index (χ3v) is 5.83. The molecule has 0 aliphatic rings. The lowest BCUT2D eigenvalue weighted by Gasteiger charge is -2.07. The second kappa shape index (κ2) is 9.21. The largest absolute Gasteiger partial charge is 0.343 e. The molecule has 3 nitrogen and oxygen atoms in total. The number of hydrogen-bond acceptors (Lipinski definition) is 2. The summed E-state index contributed by atoms with van der Waals surface area (Å²) in [5.41, 5.74) is 7.75. The van der Waals surface area contributed by atoms with Crippen molar-refractivity contribution < 1.29 is 0 Å². The monoisotopic (exact) mass is 413 g/mol. The fourth-order valence-corrected chi connectivity index (χ4v) is 4.22. The molecule has 0 saturated heterocycles. The van der Waals surface area contributed by atoms with Crippen molar-refractivity contribution in [3.8, 4) is 23.4 Å². The lowest BCUT2D eigenvalue weighted by Crippen LogP contribution is -1.93. The van der Waals surface area contributed by atoms with Crippen LogP contribution in [0.15, 0.2) is 84.9 Å². The van der Waals surface area contributed by atoms with Gasteiger partial charge in [0.2, 0.25) is 0 Å². The molecule has 0 aliphatic carbocycles. The van der Waals surface area contributed by atoms with E-state index in [0.717, 1.165) is 46.1 Å². The SMILES string of the molecule is C=Cc1ccc(CCc2cccc3c2c(C=C(C#N)C#N)c(-c2ccccc2)n3C)cc1. The van der Waals surface area contributed by atoms with E-state index in [1.165, 1.54) is 11.1 Å². The van der Waals surface area contributed by atoms with E-state index in [-0.39, 0.29) is 5.57 Å². The molecule has 32 heavy (non-hydrogen) atoms. The van der Waals surface area contributed by atoms with Gasteiger partial charge in [0.1, 0.15) is 17.7 Å². The molecular formula is C29H23N3. The van der Waals surface area contributed by atoms with E-state index in [0.29, 0.717) is 0 Å². The predicted molar refractivity (Wildman–Crippen MR) is 131 cm³/mol. The van der Waals surface area contributed by atoms with E-state index in [9.17, 15) is 10.5 Å². The fourth-order valence-electron chi connectivity index (χ4n) is 4.22. The number of rotatable bonds is 6. The molecule has 154 valence electrons. The topological polar surface area (TPSA) is 52.5 Å². The van der Waals surface area contributed by atoms with Gasteiger partial charge in [-0.3, -0.25) is 0 Å². The normalized spacial score (nSPS) is 10.3. The Morgan fingerprint density at radius 1 is 0.906 bits per heavy atom. The van der Waals surface area contributed by atoms with E-state index in [1.54, 1.807) is 6.08 Å². The summed E-state index contributed by atoms with van der Waals surface area (Å²) in [6.07, 6.45) is 5.34. The first-order chi connectivity index (χ1) is 15.7. The number of hydrogen-bond donors (Lipinski definition) is 0. The zero-order valence-electron chi connectivity index (χ0n) is 18.0. The highest BCUT2D eigenvalue weighted by atomic mass is 15.0. The van der Waals surface area contributed by atoms with Gasteiger partial charge in [0.05, 0.1) is 5.69 Å². The summed E-state index contributed by atoms with van der Waals surface area (Å²) in [4.78, 5) is 0.